The van der Waals surface area contributed by atoms with E-state index in [-0.39, 0.29) is 36.2 Å². The highest BCUT2D eigenvalue weighted by Crippen LogP contribution is 2.21. The number of nitrogens with zero attached hydrogens (tertiary/aromatic N) is 1. The minimum absolute atomic E-state index is 0. The molecule has 3 aliphatic rings. The summed E-state index contributed by atoms with van der Waals surface area (Å²) in [6.07, 6.45) is 4.98. The van der Waals surface area contributed by atoms with Crippen LogP contribution in [0.3, 0.4) is 0 Å². The van der Waals surface area contributed by atoms with Gasteiger partial charge in [0.25, 0.3) is 0 Å². The van der Waals surface area contributed by atoms with Gasteiger partial charge in [0.05, 0.1) is 18.6 Å². The number of hydrogen-bond acceptors (Lipinski definition) is 4. The van der Waals surface area contributed by atoms with Gasteiger partial charge in [-0.3, -0.25) is 9.59 Å². The van der Waals surface area contributed by atoms with Crippen molar-refractivity contribution in [3.63, 3.8) is 0 Å². The maximum atomic E-state index is 12.4. The van der Waals surface area contributed by atoms with E-state index in [1.807, 2.05) is 4.90 Å². The van der Waals surface area contributed by atoms with Crippen molar-refractivity contribution < 1.29 is 14.3 Å². The predicted octanol–water partition coefficient (Wildman–Crippen LogP) is 0.552. The number of rotatable bonds is 4. The van der Waals surface area contributed by atoms with Crippen molar-refractivity contribution in [3.05, 3.63) is 0 Å². The molecule has 3 unspecified atom stereocenters. The summed E-state index contributed by atoms with van der Waals surface area (Å²) in [5.41, 5.74) is 0. The molecule has 3 rings (SSSR count). The first-order valence-electron chi connectivity index (χ1n) is 8.61. The maximum absolute atomic E-state index is 12.4. The number of nitrogens with one attached hydrogen (secondary N) is 2. The first kappa shape index (κ1) is 18.5. The quantitative estimate of drug-likeness (QED) is 0.780. The van der Waals surface area contributed by atoms with Crippen LogP contribution in [0.2, 0.25) is 0 Å². The molecule has 7 heteroatoms. The summed E-state index contributed by atoms with van der Waals surface area (Å²) < 4.78 is 5.32. The molecule has 0 aromatic carbocycles. The number of carbonyl (C=O) groups excluding carboxylic acids is 2. The molecular weight excluding hydrogens is 318 g/mol. The van der Waals surface area contributed by atoms with Crippen molar-refractivity contribution in [1.29, 1.82) is 0 Å². The van der Waals surface area contributed by atoms with E-state index < -0.39 is 0 Å². The van der Waals surface area contributed by atoms with Crippen LogP contribution in [0, 0.1) is 11.8 Å². The van der Waals surface area contributed by atoms with Gasteiger partial charge in [-0.2, -0.15) is 0 Å². The highest BCUT2D eigenvalue weighted by Gasteiger charge is 2.31. The van der Waals surface area contributed by atoms with Crippen LogP contribution >= 0.6 is 12.4 Å². The topological polar surface area (TPSA) is 70.7 Å². The number of ether oxygens (including phenoxy) is 1. The summed E-state index contributed by atoms with van der Waals surface area (Å²) in [6, 6.07) is -0.0167. The number of carbonyl (C=O) groups is 2. The summed E-state index contributed by atoms with van der Waals surface area (Å²) >= 11 is 0. The Hall–Kier alpha value is -0.850. The molecule has 3 heterocycles. The van der Waals surface area contributed by atoms with Gasteiger partial charge in [0.15, 0.2) is 0 Å². The first-order chi connectivity index (χ1) is 10.7. The lowest BCUT2D eigenvalue weighted by atomic mass is 9.96. The van der Waals surface area contributed by atoms with Crippen molar-refractivity contribution >= 4 is 24.2 Å². The Morgan fingerprint density at radius 2 is 2.09 bits per heavy atom. The second-order valence-electron chi connectivity index (χ2n) is 6.75. The van der Waals surface area contributed by atoms with Crippen LogP contribution in [0.25, 0.3) is 0 Å². The van der Waals surface area contributed by atoms with Gasteiger partial charge < -0.3 is 20.3 Å². The van der Waals surface area contributed by atoms with E-state index in [0.29, 0.717) is 25.7 Å². The molecule has 0 saturated carbocycles. The molecule has 0 aromatic heterocycles. The molecule has 2 N–H and O–H groups in total. The fourth-order valence-corrected chi connectivity index (χ4v) is 3.70. The Bertz CT molecular complexity index is 409. The van der Waals surface area contributed by atoms with Crippen molar-refractivity contribution in [3.8, 4) is 0 Å². The van der Waals surface area contributed by atoms with Gasteiger partial charge in [0, 0.05) is 26.2 Å². The number of likely N-dealkylation sites (tertiary alicyclic amines) is 1. The average Bonchev–Trinajstić information content (AvgIpc) is 3.25. The van der Waals surface area contributed by atoms with E-state index in [4.69, 9.17) is 4.74 Å². The fraction of sp³-hybridized carbons (Fsp3) is 0.875. The van der Waals surface area contributed by atoms with E-state index in [0.717, 1.165) is 51.7 Å². The Morgan fingerprint density at radius 3 is 2.78 bits per heavy atom. The zero-order valence-electron chi connectivity index (χ0n) is 13.6. The van der Waals surface area contributed by atoms with Crippen molar-refractivity contribution in [2.75, 3.05) is 39.4 Å². The number of halogens is 1. The van der Waals surface area contributed by atoms with Gasteiger partial charge in [-0.15, -0.1) is 12.4 Å². The van der Waals surface area contributed by atoms with Gasteiger partial charge in [0.1, 0.15) is 0 Å². The lowest BCUT2D eigenvalue weighted by molar-refractivity contribution is -0.137. The molecule has 132 valence electrons. The Morgan fingerprint density at radius 1 is 1.22 bits per heavy atom. The van der Waals surface area contributed by atoms with E-state index in [2.05, 4.69) is 10.6 Å². The molecule has 3 aliphatic heterocycles. The second kappa shape index (κ2) is 8.85. The minimum atomic E-state index is -0.0167. The number of amides is 2. The predicted molar refractivity (Wildman–Crippen MR) is 89.5 cm³/mol. The summed E-state index contributed by atoms with van der Waals surface area (Å²) in [4.78, 5) is 26.5. The molecule has 0 aliphatic carbocycles. The number of hydrogen-bond donors (Lipinski definition) is 2. The molecule has 23 heavy (non-hydrogen) atoms. The van der Waals surface area contributed by atoms with E-state index in [1.54, 1.807) is 0 Å². The first-order valence-corrected chi connectivity index (χ1v) is 8.61. The molecule has 2 amide bonds. The molecule has 0 spiro atoms. The zero-order valence-corrected chi connectivity index (χ0v) is 14.4. The Labute approximate surface area is 144 Å². The molecular formula is C16H28ClN3O3. The highest BCUT2D eigenvalue weighted by molar-refractivity contribution is 5.85. The normalized spacial score (nSPS) is 30.8. The van der Waals surface area contributed by atoms with Crippen LogP contribution in [0.5, 0.6) is 0 Å². The largest absolute Gasteiger partial charge is 0.381 e. The van der Waals surface area contributed by atoms with Gasteiger partial charge in [-0.1, -0.05) is 0 Å². The van der Waals surface area contributed by atoms with Crippen LogP contribution in [0.15, 0.2) is 0 Å². The highest BCUT2D eigenvalue weighted by atomic mass is 35.5. The zero-order chi connectivity index (χ0) is 15.4. The summed E-state index contributed by atoms with van der Waals surface area (Å²) in [7, 11) is 0. The Balaban J connectivity index is 0.00000192. The lowest BCUT2D eigenvalue weighted by Gasteiger charge is -2.34. The fourth-order valence-electron chi connectivity index (χ4n) is 3.70. The molecule has 3 saturated heterocycles. The summed E-state index contributed by atoms with van der Waals surface area (Å²) in [6.45, 7) is 4.52. The monoisotopic (exact) mass is 345 g/mol. The maximum Gasteiger partial charge on any atom is 0.237 e. The minimum Gasteiger partial charge on any atom is -0.381 e. The van der Waals surface area contributed by atoms with Crippen LogP contribution in [-0.2, 0) is 14.3 Å². The molecule has 6 nitrogen and oxygen atoms in total. The Kier molecular flexibility index (Phi) is 7.11. The third-order valence-electron chi connectivity index (χ3n) is 5.05. The van der Waals surface area contributed by atoms with Crippen LogP contribution in [-0.4, -0.2) is 62.1 Å². The smallest absolute Gasteiger partial charge is 0.237 e. The van der Waals surface area contributed by atoms with Crippen molar-refractivity contribution in [2.24, 2.45) is 11.8 Å². The molecule has 0 bridgehead atoms. The third-order valence-corrected chi connectivity index (χ3v) is 5.05. The second-order valence-corrected chi connectivity index (χ2v) is 6.75. The average molecular weight is 346 g/mol. The number of piperidine rings is 1. The molecule has 3 fully saturated rings. The van der Waals surface area contributed by atoms with Crippen molar-refractivity contribution in [1.82, 2.24) is 15.5 Å². The molecule has 0 radical (unpaired) electrons. The van der Waals surface area contributed by atoms with E-state index in [9.17, 15) is 9.59 Å². The van der Waals surface area contributed by atoms with Crippen LogP contribution in [0.1, 0.15) is 32.1 Å². The molecule has 3 atom stereocenters. The molecule has 0 aromatic rings. The third kappa shape index (κ3) is 4.81. The van der Waals surface area contributed by atoms with E-state index >= 15 is 0 Å². The lowest BCUT2D eigenvalue weighted by Crippen LogP contribution is -2.48. The van der Waals surface area contributed by atoms with Crippen LogP contribution in [0.4, 0.5) is 0 Å². The van der Waals surface area contributed by atoms with Gasteiger partial charge in [-0.05, 0) is 44.6 Å². The summed E-state index contributed by atoms with van der Waals surface area (Å²) in [5, 5.41) is 6.28. The van der Waals surface area contributed by atoms with Gasteiger partial charge in [-0.25, -0.2) is 0 Å². The standard InChI is InChI=1S/C16H27N3O3.ClH/c20-15(14-4-1-6-17-14)18-9-12-3-2-7-19(10-12)16(21)13-5-8-22-11-13;/h12-14,17H,1-11H2,(H,18,20);1H. The van der Waals surface area contributed by atoms with Gasteiger partial charge >= 0.3 is 0 Å². The van der Waals surface area contributed by atoms with Crippen LogP contribution < -0.4 is 10.6 Å². The SMILES string of the molecule is Cl.O=C(NCC1CCCN(C(=O)C2CCOC2)C1)C1CCCN1. The summed E-state index contributed by atoms with van der Waals surface area (Å²) in [5.74, 6) is 0.789. The van der Waals surface area contributed by atoms with Gasteiger partial charge in [0.2, 0.25) is 11.8 Å². The van der Waals surface area contributed by atoms with E-state index in [1.165, 1.54) is 0 Å². The van der Waals surface area contributed by atoms with Crippen molar-refractivity contribution in [2.45, 2.75) is 38.1 Å².